The Hall–Kier alpha value is -2.17. The summed E-state index contributed by atoms with van der Waals surface area (Å²) in [5, 5.41) is 6.68. The van der Waals surface area contributed by atoms with Gasteiger partial charge in [0.05, 0.1) is 11.7 Å². The lowest BCUT2D eigenvalue weighted by Crippen LogP contribution is -2.27. The number of amides is 1. The Morgan fingerprint density at radius 3 is 2.72 bits per heavy atom. The quantitative estimate of drug-likeness (QED) is 0.898. The number of nitrogens with one attached hydrogen (secondary N) is 1. The number of carbonyl (C=O) groups excluding carboxylic acids is 1. The van der Waals surface area contributed by atoms with E-state index in [0.717, 1.165) is 11.3 Å². The zero-order chi connectivity index (χ0) is 13.0. The van der Waals surface area contributed by atoms with Crippen molar-refractivity contribution in [3.8, 4) is 5.69 Å². The summed E-state index contributed by atoms with van der Waals surface area (Å²) < 4.78 is 13.8. The Bertz CT molecular complexity index is 508. The van der Waals surface area contributed by atoms with Crippen LogP contribution >= 0.6 is 0 Å². The minimum absolute atomic E-state index is 0.208. The molecule has 1 amide bonds. The van der Waals surface area contributed by atoms with E-state index < -0.39 is 12.6 Å². The molecule has 18 heavy (non-hydrogen) atoms. The van der Waals surface area contributed by atoms with E-state index in [1.807, 2.05) is 43.5 Å². The Balaban J connectivity index is 2.10. The predicted molar refractivity (Wildman–Crippen MR) is 66.1 cm³/mol. The third-order valence-electron chi connectivity index (χ3n) is 2.66. The molecule has 0 radical (unpaired) electrons. The van der Waals surface area contributed by atoms with Crippen LogP contribution < -0.4 is 5.32 Å². The first-order valence-electron chi connectivity index (χ1n) is 5.66. The van der Waals surface area contributed by atoms with Crippen molar-refractivity contribution in [3.63, 3.8) is 0 Å². The second kappa shape index (κ2) is 5.44. The molecule has 1 N–H and O–H groups in total. The van der Waals surface area contributed by atoms with E-state index >= 15 is 0 Å². The summed E-state index contributed by atoms with van der Waals surface area (Å²) in [6.07, 6.45) is 3.56. The summed E-state index contributed by atoms with van der Waals surface area (Å²) in [6.45, 7) is 0.826. The Labute approximate surface area is 104 Å². The molecule has 94 valence electrons. The number of halogens is 1. The molecule has 0 bridgehead atoms. The third kappa shape index (κ3) is 2.74. The van der Waals surface area contributed by atoms with Crippen molar-refractivity contribution in [2.75, 3.05) is 6.67 Å². The van der Waals surface area contributed by atoms with Gasteiger partial charge < -0.3 is 5.32 Å². The molecule has 2 aromatic rings. The highest BCUT2D eigenvalue weighted by Crippen LogP contribution is 2.15. The first kappa shape index (κ1) is 12.3. The molecule has 0 fully saturated rings. The van der Waals surface area contributed by atoms with Crippen LogP contribution in [0.1, 0.15) is 18.5 Å². The number of benzene rings is 1. The summed E-state index contributed by atoms with van der Waals surface area (Å²) in [7, 11) is 0. The molecule has 2 rings (SSSR count). The molecule has 1 aromatic carbocycles. The smallest absolute Gasteiger partial charge is 0.251 e. The average molecular weight is 247 g/mol. The summed E-state index contributed by atoms with van der Waals surface area (Å²) >= 11 is 0. The van der Waals surface area contributed by atoms with Crippen molar-refractivity contribution < 1.29 is 9.18 Å². The minimum atomic E-state index is -0.990. The normalized spacial score (nSPS) is 12.1. The number of hydrogen-bond donors (Lipinski definition) is 1. The molecule has 0 saturated heterocycles. The van der Waals surface area contributed by atoms with Crippen LogP contribution in [0.2, 0.25) is 0 Å². The molecular formula is C13H14FN3O. The van der Waals surface area contributed by atoms with Gasteiger partial charge in [-0.1, -0.05) is 12.1 Å². The standard InChI is InChI=1S/C13H14FN3O/c1-10(16-13(18)9-14)11-3-5-12(6-4-11)17-8-2-7-15-17/h2-8,10H,9H2,1H3,(H,16,18)/t10-/m1/s1. The maximum absolute atomic E-state index is 12.1. The van der Waals surface area contributed by atoms with Crippen LogP contribution in [-0.2, 0) is 4.79 Å². The topological polar surface area (TPSA) is 46.9 Å². The van der Waals surface area contributed by atoms with Gasteiger partial charge in [0.25, 0.3) is 5.91 Å². The summed E-state index contributed by atoms with van der Waals surface area (Å²) in [5.41, 5.74) is 1.86. The van der Waals surface area contributed by atoms with E-state index in [4.69, 9.17) is 0 Å². The first-order valence-corrected chi connectivity index (χ1v) is 5.66. The van der Waals surface area contributed by atoms with E-state index in [9.17, 15) is 9.18 Å². The predicted octanol–water partition coefficient (Wildman–Crippen LogP) is 2.02. The van der Waals surface area contributed by atoms with E-state index in [2.05, 4.69) is 10.4 Å². The SMILES string of the molecule is C[C@@H](NC(=O)CF)c1ccc(-n2cccn2)cc1. The second-order valence-corrected chi connectivity index (χ2v) is 3.96. The van der Waals surface area contributed by atoms with Gasteiger partial charge in [-0.3, -0.25) is 4.79 Å². The monoisotopic (exact) mass is 247 g/mol. The highest BCUT2D eigenvalue weighted by Gasteiger charge is 2.09. The lowest BCUT2D eigenvalue weighted by Gasteiger charge is -2.13. The van der Waals surface area contributed by atoms with Crippen molar-refractivity contribution in [1.29, 1.82) is 0 Å². The van der Waals surface area contributed by atoms with E-state index in [1.165, 1.54) is 0 Å². The Morgan fingerprint density at radius 2 is 2.17 bits per heavy atom. The number of carbonyl (C=O) groups is 1. The van der Waals surface area contributed by atoms with Gasteiger partial charge in [-0.05, 0) is 30.7 Å². The number of rotatable bonds is 4. The molecule has 4 nitrogen and oxygen atoms in total. The van der Waals surface area contributed by atoms with Crippen LogP contribution in [0.3, 0.4) is 0 Å². The van der Waals surface area contributed by atoms with Gasteiger partial charge in [-0.2, -0.15) is 5.10 Å². The highest BCUT2D eigenvalue weighted by atomic mass is 19.1. The fourth-order valence-corrected chi connectivity index (χ4v) is 1.70. The molecule has 0 aliphatic heterocycles. The lowest BCUT2D eigenvalue weighted by atomic mass is 10.1. The van der Waals surface area contributed by atoms with Gasteiger partial charge in [0.15, 0.2) is 6.67 Å². The van der Waals surface area contributed by atoms with E-state index in [-0.39, 0.29) is 6.04 Å². The van der Waals surface area contributed by atoms with Crippen LogP contribution in [0.25, 0.3) is 5.69 Å². The van der Waals surface area contributed by atoms with Crippen molar-refractivity contribution >= 4 is 5.91 Å². The molecule has 5 heteroatoms. The Kier molecular flexibility index (Phi) is 3.72. The van der Waals surface area contributed by atoms with Crippen molar-refractivity contribution in [1.82, 2.24) is 15.1 Å². The van der Waals surface area contributed by atoms with Crippen LogP contribution in [0.4, 0.5) is 4.39 Å². The highest BCUT2D eigenvalue weighted by molar-refractivity contribution is 5.77. The third-order valence-corrected chi connectivity index (χ3v) is 2.66. The molecule has 1 aromatic heterocycles. The van der Waals surface area contributed by atoms with Crippen molar-refractivity contribution in [2.45, 2.75) is 13.0 Å². The van der Waals surface area contributed by atoms with E-state index in [0.29, 0.717) is 0 Å². The number of alkyl halides is 1. The summed E-state index contributed by atoms with van der Waals surface area (Å²) in [6, 6.07) is 9.22. The van der Waals surface area contributed by atoms with Gasteiger partial charge in [-0.25, -0.2) is 9.07 Å². The number of nitrogens with zero attached hydrogens (tertiary/aromatic N) is 2. The summed E-state index contributed by atoms with van der Waals surface area (Å²) in [5.74, 6) is -0.598. The maximum atomic E-state index is 12.1. The van der Waals surface area contributed by atoms with Crippen molar-refractivity contribution in [3.05, 3.63) is 48.3 Å². The summed E-state index contributed by atoms with van der Waals surface area (Å²) in [4.78, 5) is 10.9. The number of aromatic nitrogens is 2. The fourth-order valence-electron chi connectivity index (χ4n) is 1.70. The molecule has 0 aliphatic rings. The zero-order valence-corrected chi connectivity index (χ0v) is 10.0. The largest absolute Gasteiger partial charge is 0.347 e. The van der Waals surface area contributed by atoms with Gasteiger partial charge in [-0.15, -0.1) is 0 Å². The van der Waals surface area contributed by atoms with Crippen LogP contribution in [0.15, 0.2) is 42.7 Å². The van der Waals surface area contributed by atoms with Gasteiger partial charge in [0.2, 0.25) is 0 Å². The van der Waals surface area contributed by atoms with Crippen molar-refractivity contribution in [2.24, 2.45) is 0 Å². The first-order chi connectivity index (χ1) is 8.70. The maximum Gasteiger partial charge on any atom is 0.251 e. The van der Waals surface area contributed by atoms with Crippen LogP contribution in [0.5, 0.6) is 0 Å². The second-order valence-electron chi connectivity index (χ2n) is 3.96. The fraction of sp³-hybridized carbons (Fsp3) is 0.231. The van der Waals surface area contributed by atoms with Gasteiger partial charge in [0.1, 0.15) is 0 Å². The average Bonchev–Trinajstić information content (AvgIpc) is 2.92. The Morgan fingerprint density at radius 1 is 1.44 bits per heavy atom. The zero-order valence-electron chi connectivity index (χ0n) is 10.0. The van der Waals surface area contributed by atoms with Crippen LogP contribution in [0, 0.1) is 0 Å². The van der Waals surface area contributed by atoms with Crippen LogP contribution in [-0.4, -0.2) is 22.4 Å². The molecule has 0 saturated carbocycles. The molecule has 0 aliphatic carbocycles. The number of hydrogen-bond acceptors (Lipinski definition) is 2. The lowest BCUT2D eigenvalue weighted by molar-refractivity contribution is -0.122. The molecule has 1 heterocycles. The molecule has 0 unspecified atom stereocenters. The van der Waals surface area contributed by atoms with Gasteiger partial charge >= 0.3 is 0 Å². The van der Waals surface area contributed by atoms with Gasteiger partial charge in [0, 0.05) is 12.4 Å². The molecule has 0 spiro atoms. The molecular weight excluding hydrogens is 233 g/mol. The minimum Gasteiger partial charge on any atom is -0.347 e. The van der Waals surface area contributed by atoms with E-state index in [1.54, 1.807) is 10.9 Å². The molecule has 1 atom stereocenters.